The van der Waals surface area contributed by atoms with Crippen LogP contribution in [0.2, 0.25) is 0 Å². The van der Waals surface area contributed by atoms with Gasteiger partial charge in [-0.25, -0.2) is 0 Å². The van der Waals surface area contributed by atoms with E-state index in [-0.39, 0.29) is 11.8 Å². The fourth-order valence-corrected chi connectivity index (χ4v) is 3.51. The van der Waals surface area contributed by atoms with E-state index in [0.29, 0.717) is 6.61 Å². The van der Waals surface area contributed by atoms with Crippen LogP contribution in [-0.2, 0) is 6.42 Å². The number of phenolic OH excluding ortho intramolecular Hbond substituents is 1. The Morgan fingerprint density at radius 1 is 1.04 bits per heavy atom. The molecule has 26 heavy (non-hydrogen) atoms. The molecule has 4 heteroatoms. The minimum atomic E-state index is -0.608. The van der Waals surface area contributed by atoms with Gasteiger partial charge in [0.05, 0.1) is 5.60 Å². The van der Waals surface area contributed by atoms with Gasteiger partial charge in [-0.1, -0.05) is 29.8 Å². The van der Waals surface area contributed by atoms with Crippen molar-refractivity contribution >= 4 is 0 Å². The molecule has 1 fully saturated rings. The Hall–Kier alpha value is -2.04. The van der Waals surface area contributed by atoms with Crippen molar-refractivity contribution in [2.24, 2.45) is 0 Å². The Balaban J connectivity index is 1.47. The molecule has 0 spiro atoms. The van der Waals surface area contributed by atoms with Crippen molar-refractivity contribution in [3.05, 3.63) is 59.7 Å². The summed E-state index contributed by atoms with van der Waals surface area (Å²) in [4.78, 5) is 2.38. The van der Waals surface area contributed by atoms with E-state index < -0.39 is 5.60 Å². The van der Waals surface area contributed by atoms with Crippen LogP contribution in [0.5, 0.6) is 11.5 Å². The van der Waals surface area contributed by atoms with Gasteiger partial charge in [-0.15, -0.1) is 0 Å². The highest BCUT2D eigenvalue weighted by molar-refractivity contribution is 5.30. The average molecular weight is 355 g/mol. The number of aromatic hydroxyl groups is 1. The van der Waals surface area contributed by atoms with Crippen LogP contribution >= 0.6 is 0 Å². The maximum atomic E-state index is 10.9. The lowest BCUT2D eigenvalue weighted by atomic mass is 9.85. The van der Waals surface area contributed by atoms with Gasteiger partial charge in [0.25, 0.3) is 0 Å². The van der Waals surface area contributed by atoms with E-state index in [1.54, 1.807) is 24.3 Å². The van der Waals surface area contributed by atoms with Crippen LogP contribution in [0.4, 0.5) is 0 Å². The standard InChI is InChI=1S/C22H29NO3/c1-17-3-5-19(6-4-17)15-22(25)11-13-23(14-12-22)18(2)16-26-21-9-7-20(24)8-10-21/h3-10,18,24-25H,11-16H2,1-2H3. The number of benzene rings is 2. The van der Waals surface area contributed by atoms with Crippen LogP contribution in [0.15, 0.2) is 48.5 Å². The van der Waals surface area contributed by atoms with E-state index in [2.05, 4.69) is 43.0 Å². The van der Waals surface area contributed by atoms with Crippen LogP contribution in [-0.4, -0.2) is 46.5 Å². The second-order valence-electron chi connectivity index (χ2n) is 7.58. The summed E-state index contributed by atoms with van der Waals surface area (Å²) in [5.74, 6) is 1.01. The summed E-state index contributed by atoms with van der Waals surface area (Å²) in [6, 6.07) is 15.6. The molecule has 1 aliphatic rings. The van der Waals surface area contributed by atoms with E-state index in [4.69, 9.17) is 4.74 Å². The first kappa shape index (κ1) is 18.7. The van der Waals surface area contributed by atoms with E-state index in [1.807, 2.05) is 0 Å². The van der Waals surface area contributed by atoms with Gasteiger partial charge in [-0.3, -0.25) is 4.90 Å². The Labute approximate surface area is 156 Å². The summed E-state index contributed by atoms with van der Waals surface area (Å²) in [7, 11) is 0. The molecule has 0 bridgehead atoms. The molecule has 140 valence electrons. The van der Waals surface area contributed by atoms with Crippen molar-refractivity contribution in [2.75, 3.05) is 19.7 Å². The predicted molar refractivity (Wildman–Crippen MR) is 104 cm³/mol. The monoisotopic (exact) mass is 355 g/mol. The molecule has 4 nitrogen and oxygen atoms in total. The largest absolute Gasteiger partial charge is 0.508 e. The Morgan fingerprint density at radius 3 is 2.27 bits per heavy atom. The quantitative estimate of drug-likeness (QED) is 0.832. The zero-order valence-corrected chi connectivity index (χ0v) is 15.7. The number of likely N-dealkylation sites (tertiary alicyclic amines) is 1. The summed E-state index contributed by atoms with van der Waals surface area (Å²) in [5.41, 5.74) is 1.84. The van der Waals surface area contributed by atoms with E-state index in [0.717, 1.165) is 38.1 Å². The van der Waals surface area contributed by atoms with Crippen LogP contribution in [0.25, 0.3) is 0 Å². The lowest BCUT2D eigenvalue weighted by Crippen LogP contribution is -2.49. The fraction of sp³-hybridized carbons (Fsp3) is 0.455. The van der Waals surface area contributed by atoms with Gasteiger partial charge in [0.15, 0.2) is 0 Å². The number of ether oxygens (including phenoxy) is 1. The molecule has 0 aliphatic carbocycles. The SMILES string of the molecule is Cc1ccc(CC2(O)CCN(C(C)COc3ccc(O)cc3)CC2)cc1. The number of hydrogen-bond donors (Lipinski definition) is 2. The minimum Gasteiger partial charge on any atom is -0.508 e. The van der Waals surface area contributed by atoms with E-state index >= 15 is 0 Å². The molecule has 0 aromatic heterocycles. The second-order valence-corrected chi connectivity index (χ2v) is 7.58. The Morgan fingerprint density at radius 2 is 1.65 bits per heavy atom. The maximum Gasteiger partial charge on any atom is 0.119 e. The molecule has 1 atom stereocenters. The third kappa shape index (κ3) is 4.99. The lowest BCUT2D eigenvalue weighted by Gasteiger charge is -2.40. The van der Waals surface area contributed by atoms with E-state index in [1.165, 1.54) is 11.1 Å². The van der Waals surface area contributed by atoms with Crippen molar-refractivity contribution in [1.82, 2.24) is 4.90 Å². The highest BCUT2D eigenvalue weighted by Gasteiger charge is 2.33. The van der Waals surface area contributed by atoms with Crippen LogP contribution in [0.1, 0.15) is 30.9 Å². The average Bonchev–Trinajstić information content (AvgIpc) is 2.63. The molecular weight excluding hydrogens is 326 g/mol. The van der Waals surface area contributed by atoms with Crippen molar-refractivity contribution < 1.29 is 14.9 Å². The molecule has 3 rings (SSSR count). The number of rotatable bonds is 6. The highest BCUT2D eigenvalue weighted by atomic mass is 16.5. The first-order valence-electron chi connectivity index (χ1n) is 9.37. The van der Waals surface area contributed by atoms with Gasteiger partial charge in [-0.2, -0.15) is 0 Å². The zero-order valence-electron chi connectivity index (χ0n) is 15.7. The van der Waals surface area contributed by atoms with Crippen molar-refractivity contribution in [1.29, 1.82) is 0 Å². The Bertz CT molecular complexity index is 688. The summed E-state index contributed by atoms with van der Waals surface area (Å²) in [5, 5.41) is 20.3. The summed E-state index contributed by atoms with van der Waals surface area (Å²) in [6.45, 7) is 6.59. The number of aryl methyl sites for hydroxylation is 1. The third-order valence-corrected chi connectivity index (χ3v) is 5.33. The molecule has 0 saturated carbocycles. The summed E-state index contributed by atoms with van der Waals surface area (Å²) in [6.07, 6.45) is 2.29. The molecule has 1 unspecified atom stereocenters. The molecule has 1 heterocycles. The first-order valence-corrected chi connectivity index (χ1v) is 9.37. The number of piperidine rings is 1. The fourth-order valence-electron chi connectivity index (χ4n) is 3.51. The summed E-state index contributed by atoms with van der Waals surface area (Å²) < 4.78 is 5.82. The number of aliphatic hydroxyl groups is 1. The van der Waals surface area contributed by atoms with Crippen molar-refractivity contribution in [3.63, 3.8) is 0 Å². The lowest BCUT2D eigenvalue weighted by molar-refractivity contribution is -0.0328. The van der Waals surface area contributed by atoms with Crippen molar-refractivity contribution in [3.8, 4) is 11.5 Å². The molecular formula is C22H29NO3. The molecule has 2 N–H and O–H groups in total. The number of nitrogens with zero attached hydrogens (tertiary/aromatic N) is 1. The topological polar surface area (TPSA) is 52.9 Å². The summed E-state index contributed by atoms with van der Waals surface area (Å²) >= 11 is 0. The van der Waals surface area contributed by atoms with Crippen LogP contribution < -0.4 is 4.74 Å². The molecule has 1 saturated heterocycles. The minimum absolute atomic E-state index is 0.245. The van der Waals surface area contributed by atoms with Crippen LogP contribution in [0, 0.1) is 6.92 Å². The normalized spacial score (nSPS) is 18.4. The van der Waals surface area contributed by atoms with Gasteiger partial charge in [-0.05, 0) is 56.5 Å². The second kappa shape index (κ2) is 8.11. The highest BCUT2D eigenvalue weighted by Crippen LogP contribution is 2.27. The number of phenols is 1. The zero-order chi connectivity index (χ0) is 18.6. The predicted octanol–water partition coefficient (Wildman–Crippen LogP) is 3.54. The molecule has 2 aromatic rings. The van der Waals surface area contributed by atoms with Gasteiger partial charge in [0.2, 0.25) is 0 Å². The maximum absolute atomic E-state index is 10.9. The Kier molecular flexibility index (Phi) is 5.84. The molecule has 1 aliphatic heterocycles. The first-order chi connectivity index (χ1) is 12.4. The molecule has 0 amide bonds. The van der Waals surface area contributed by atoms with Gasteiger partial charge < -0.3 is 14.9 Å². The van der Waals surface area contributed by atoms with Gasteiger partial charge in [0.1, 0.15) is 18.1 Å². The van der Waals surface area contributed by atoms with Gasteiger partial charge in [0, 0.05) is 25.6 Å². The van der Waals surface area contributed by atoms with Crippen molar-refractivity contribution in [2.45, 2.75) is 44.8 Å². The number of hydrogen-bond acceptors (Lipinski definition) is 4. The smallest absolute Gasteiger partial charge is 0.119 e. The van der Waals surface area contributed by atoms with Gasteiger partial charge >= 0.3 is 0 Å². The third-order valence-electron chi connectivity index (χ3n) is 5.33. The van der Waals surface area contributed by atoms with Crippen LogP contribution in [0.3, 0.4) is 0 Å². The van der Waals surface area contributed by atoms with E-state index in [9.17, 15) is 10.2 Å². The molecule has 2 aromatic carbocycles. The molecule has 0 radical (unpaired) electrons.